The average molecular weight is 421 g/mol. The molecule has 1 aromatic carbocycles. The second kappa shape index (κ2) is 5.93. The van der Waals surface area contributed by atoms with Crippen molar-refractivity contribution in [2.75, 3.05) is 4.90 Å². The smallest absolute Gasteiger partial charge is 0.281 e. The van der Waals surface area contributed by atoms with Gasteiger partial charge in [0.25, 0.3) is 5.91 Å². The minimum Gasteiger partial charge on any atom is -0.378 e. The highest BCUT2D eigenvalue weighted by molar-refractivity contribution is 9.10. The van der Waals surface area contributed by atoms with Crippen LogP contribution in [0.2, 0.25) is 5.02 Å². The van der Waals surface area contributed by atoms with Gasteiger partial charge in [0.1, 0.15) is 10.3 Å². The van der Waals surface area contributed by atoms with Crippen LogP contribution in [-0.2, 0) is 14.4 Å². The molecule has 2 amide bonds. The fourth-order valence-corrected chi connectivity index (χ4v) is 3.43. The summed E-state index contributed by atoms with van der Waals surface area (Å²) in [7, 11) is 0. The number of carbonyl (C=O) groups is 2. The van der Waals surface area contributed by atoms with Gasteiger partial charge in [0.05, 0.1) is 17.8 Å². The van der Waals surface area contributed by atoms with Crippen molar-refractivity contribution in [1.82, 2.24) is 4.98 Å². The molecule has 126 valence electrons. The number of rotatable bonds is 2. The van der Waals surface area contributed by atoms with Crippen LogP contribution in [0.3, 0.4) is 0 Å². The van der Waals surface area contributed by atoms with Crippen molar-refractivity contribution in [3.05, 3.63) is 57.8 Å². The zero-order chi connectivity index (χ0) is 17.6. The molecule has 0 saturated carbocycles. The second-order valence-electron chi connectivity index (χ2n) is 5.83. The molecule has 3 heterocycles. The maximum atomic E-state index is 12.9. The highest BCUT2D eigenvalue weighted by Gasteiger charge is 2.58. The van der Waals surface area contributed by atoms with Gasteiger partial charge in [0.2, 0.25) is 11.5 Å². The lowest BCUT2D eigenvalue weighted by atomic mass is 9.94. The van der Waals surface area contributed by atoms with Crippen LogP contribution in [0.25, 0.3) is 0 Å². The lowest BCUT2D eigenvalue weighted by molar-refractivity contribution is -0.136. The molecule has 2 aliphatic heterocycles. The molecule has 4 rings (SSSR count). The van der Waals surface area contributed by atoms with Gasteiger partial charge in [-0.1, -0.05) is 22.8 Å². The summed E-state index contributed by atoms with van der Waals surface area (Å²) in [6, 6.07) is 11.9. The number of imide groups is 1. The van der Waals surface area contributed by atoms with Crippen molar-refractivity contribution in [2.45, 2.75) is 18.4 Å². The molecule has 1 spiro atoms. The third kappa shape index (κ3) is 2.73. The minimum absolute atomic E-state index is 0.0601. The summed E-state index contributed by atoms with van der Waals surface area (Å²) in [6.07, 6.45) is 0.139. The van der Waals surface area contributed by atoms with Gasteiger partial charge in [-0.05, 0) is 52.3 Å². The number of hydrogen-bond acceptors (Lipinski definition) is 5. The van der Waals surface area contributed by atoms with Gasteiger partial charge in [-0.15, -0.1) is 0 Å². The van der Waals surface area contributed by atoms with Crippen LogP contribution >= 0.6 is 27.5 Å². The summed E-state index contributed by atoms with van der Waals surface area (Å²) in [5.74, 6) is -0.750. The summed E-state index contributed by atoms with van der Waals surface area (Å²) in [5, 5.41) is 4.55. The maximum Gasteiger partial charge on any atom is 0.281 e. The van der Waals surface area contributed by atoms with E-state index >= 15 is 0 Å². The molecule has 1 fully saturated rings. The Bertz CT molecular complexity index is 916. The molecular weight excluding hydrogens is 410 g/mol. The number of aromatic nitrogens is 1. The summed E-state index contributed by atoms with van der Waals surface area (Å²) >= 11 is 9.17. The predicted octanol–water partition coefficient (Wildman–Crippen LogP) is 3.32. The Morgan fingerprint density at radius 2 is 1.88 bits per heavy atom. The average Bonchev–Trinajstić information content (AvgIpc) is 3.11. The number of benzene rings is 1. The van der Waals surface area contributed by atoms with E-state index in [1.165, 1.54) is 0 Å². The first-order chi connectivity index (χ1) is 12.0. The third-order valence-corrected chi connectivity index (χ3v) is 4.85. The predicted molar refractivity (Wildman–Crippen MR) is 95.5 cm³/mol. The Balaban J connectivity index is 1.61. The molecule has 1 saturated heterocycles. The van der Waals surface area contributed by atoms with Crippen molar-refractivity contribution in [3.8, 4) is 0 Å². The lowest BCUT2D eigenvalue weighted by Gasteiger charge is -2.19. The normalized spacial score (nSPS) is 22.5. The van der Waals surface area contributed by atoms with Gasteiger partial charge in [0.15, 0.2) is 0 Å². The van der Waals surface area contributed by atoms with Gasteiger partial charge < -0.3 is 4.84 Å². The van der Waals surface area contributed by atoms with Gasteiger partial charge in [-0.3, -0.25) is 9.59 Å². The van der Waals surface area contributed by atoms with E-state index in [2.05, 4.69) is 26.1 Å². The number of pyridine rings is 1. The Kier molecular flexibility index (Phi) is 3.85. The van der Waals surface area contributed by atoms with E-state index in [1.807, 2.05) is 6.07 Å². The number of oxime groups is 1. The fourth-order valence-electron chi connectivity index (χ4n) is 2.96. The summed E-state index contributed by atoms with van der Waals surface area (Å²) in [6.45, 7) is 0. The number of amides is 2. The number of anilines is 1. The van der Waals surface area contributed by atoms with E-state index < -0.39 is 11.5 Å². The van der Waals surface area contributed by atoms with Gasteiger partial charge in [-0.2, -0.15) is 0 Å². The maximum absolute atomic E-state index is 12.9. The van der Waals surface area contributed by atoms with Crippen LogP contribution in [0.15, 0.2) is 52.2 Å². The number of hydrogen-bond donors (Lipinski definition) is 0. The molecule has 2 aliphatic rings. The van der Waals surface area contributed by atoms with E-state index in [0.717, 1.165) is 4.90 Å². The molecule has 0 radical (unpaired) electrons. The van der Waals surface area contributed by atoms with Crippen molar-refractivity contribution < 1.29 is 14.4 Å². The van der Waals surface area contributed by atoms with Gasteiger partial charge in [-0.25, -0.2) is 9.88 Å². The molecule has 0 unspecified atom stereocenters. The largest absolute Gasteiger partial charge is 0.378 e. The zero-order valence-electron chi connectivity index (χ0n) is 12.8. The van der Waals surface area contributed by atoms with E-state index in [0.29, 0.717) is 26.7 Å². The Morgan fingerprint density at radius 3 is 2.60 bits per heavy atom. The molecule has 1 aromatic heterocycles. The SMILES string of the molecule is O=C1C[C@@]2(CC(c3cccc(Br)n3)=NO2)C(=O)N1c1ccc(Cl)cc1. The second-order valence-corrected chi connectivity index (χ2v) is 7.08. The van der Waals surface area contributed by atoms with Crippen molar-refractivity contribution in [2.24, 2.45) is 5.16 Å². The van der Waals surface area contributed by atoms with Crippen LogP contribution in [0, 0.1) is 0 Å². The molecular formula is C17H11BrClN3O3. The van der Waals surface area contributed by atoms with Crippen LogP contribution in [0.4, 0.5) is 5.69 Å². The van der Waals surface area contributed by atoms with Gasteiger partial charge >= 0.3 is 0 Å². The first kappa shape index (κ1) is 16.2. The lowest BCUT2D eigenvalue weighted by Crippen LogP contribution is -2.40. The fraction of sp³-hybridized carbons (Fsp3) is 0.176. The monoisotopic (exact) mass is 419 g/mol. The Hall–Kier alpha value is -2.25. The van der Waals surface area contributed by atoms with Crippen LogP contribution in [-0.4, -0.2) is 28.1 Å². The molecule has 8 heteroatoms. The van der Waals surface area contributed by atoms with Crippen molar-refractivity contribution in [1.29, 1.82) is 0 Å². The first-order valence-corrected chi connectivity index (χ1v) is 8.67. The summed E-state index contributed by atoms with van der Waals surface area (Å²) in [4.78, 5) is 36.3. The zero-order valence-corrected chi connectivity index (χ0v) is 15.1. The Morgan fingerprint density at radius 1 is 1.12 bits per heavy atom. The summed E-state index contributed by atoms with van der Waals surface area (Å²) < 4.78 is 0.658. The quantitative estimate of drug-likeness (QED) is 0.552. The summed E-state index contributed by atoms with van der Waals surface area (Å²) in [5.41, 5.74) is 0.321. The third-order valence-electron chi connectivity index (χ3n) is 4.16. The minimum atomic E-state index is -1.30. The van der Waals surface area contributed by atoms with Crippen molar-refractivity contribution >= 4 is 50.7 Å². The number of halogens is 2. The van der Waals surface area contributed by atoms with E-state index in [1.54, 1.807) is 36.4 Å². The van der Waals surface area contributed by atoms with E-state index in [-0.39, 0.29) is 18.7 Å². The molecule has 2 aromatic rings. The molecule has 0 bridgehead atoms. The van der Waals surface area contributed by atoms with Crippen LogP contribution < -0.4 is 4.90 Å². The number of carbonyl (C=O) groups excluding carboxylic acids is 2. The molecule has 6 nitrogen and oxygen atoms in total. The molecule has 0 N–H and O–H groups in total. The highest BCUT2D eigenvalue weighted by atomic mass is 79.9. The Labute approximate surface area is 156 Å². The van der Waals surface area contributed by atoms with Crippen molar-refractivity contribution in [3.63, 3.8) is 0 Å². The van der Waals surface area contributed by atoms with E-state index in [4.69, 9.17) is 16.4 Å². The van der Waals surface area contributed by atoms with Crippen LogP contribution in [0.5, 0.6) is 0 Å². The first-order valence-electron chi connectivity index (χ1n) is 7.49. The molecule has 0 aliphatic carbocycles. The highest BCUT2D eigenvalue weighted by Crippen LogP contribution is 2.39. The van der Waals surface area contributed by atoms with E-state index in [9.17, 15) is 9.59 Å². The standard InChI is InChI=1S/C17H11BrClN3O3/c18-14-3-1-2-12(20-14)13-8-17(25-21-13)9-15(23)22(16(17)24)11-6-4-10(19)5-7-11/h1-7H,8-9H2/t17-/m0/s1. The number of nitrogens with zero attached hydrogens (tertiary/aromatic N) is 3. The molecule has 1 atom stereocenters. The topological polar surface area (TPSA) is 71.9 Å². The van der Waals surface area contributed by atoms with Gasteiger partial charge in [0, 0.05) is 11.4 Å². The molecule has 25 heavy (non-hydrogen) atoms. The van der Waals surface area contributed by atoms with Crippen LogP contribution in [0.1, 0.15) is 18.5 Å².